The van der Waals surface area contributed by atoms with Crippen LogP contribution in [0.2, 0.25) is 0 Å². The third kappa shape index (κ3) is 4.65. The van der Waals surface area contributed by atoms with Crippen molar-refractivity contribution in [1.29, 1.82) is 0 Å². The minimum atomic E-state index is -0.266. The van der Waals surface area contributed by atoms with Crippen LogP contribution in [-0.2, 0) is 9.53 Å². The maximum Gasteiger partial charge on any atom is 0.224 e. The molecule has 2 aliphatic heterocycles. The van der Waals surface area contributed by atoms with Crippen molar-refractivity contribution in [2.75, 3.05) is 32.8 Å². The number of hydrogen-bond donors (Lipinski definition) is 1. The highest BCUT2D eigenvalue weighted by atomic mass is 19.1. The summed E-state index contributed by atoms with van der Waals surface area (Å²) in [4.78, 5) is 14.2. The first kappa shape index (κ1) is 16.2. The molecule has 1 amide bonds. The second kappa shape index (κ2) is 7.75. The molecule has 1 aromatic rings. The molecule has 2 saturated heterocycles. The van der Waals surface area contributed by atoms with Gasteiger partial charge >= 0.3 is 0 Å². The second-order valence-corrected chi connectivity index (χ2v) is 6.08. The number of nitrogens with one attached hydrogen (secondary N) is 1. The predicted octanol–water partition coefficient (Wildman–Crippen LogP) is 1.57. The zero-order chi connectivity index (χ0) is 16.1. The summed E-state index contributed by atoms with van der Waals surface area (Å²) in [6.45, 7) is 3.55. The molecule has 1 unspecified atom stereocenters. The molecule has 2 heterocycles. The van der Waals surface area contributed by atoms with Gasteiger partial charge in [0.2, 0.25) is 5.91 Å². The van der Waals surface area contributed by atoms with Crippen LogP contribution in [-0.4, -0.2) is 55.8 Å². The Bertz CT molecular complexity index is 509. The largest absolute Gasteiger partial charge is 0.490 e. The van der Waals surface area contributed by atoms with Gasteiger partial charge in [0.25, 0.3) is 0 Å². The molecular formula is C17H23FN2O3. The average molecular weight is 322 g/mol. The molecule has 0 saturated carbocycles. The number of ether oxygens (including phenoxy) is 2. The Balaban J connectivity index is 1.42. The Kier molecular flexibility index (Phi) is 5.46. The van der Waals surface area contributed by atoms with Gasteiger partial charge in [0, 0.05) is 44.9 Å². The van der Waals surface area contributed by atoms with Gasteiger partial charge in [-0.1, -0.05) is 0 Å². The van der Waals surface area contributed by atoms with E-state index in [2.05, 4.69) is 5.32 Å². The third-order valence-corrected chi connectivity index (χ3v) is 4.33. The van der Waals surface area contributed by atoms with Crippen molar-refractivity contribution < 1.29 is 18.7 Å². The summed E-state index contributed by atoms with van der Waals surface area (Å²) in [6, 6.07) is 6.20. The van der Waals surface area contributed by atoms with E-state index in [0.717, 1.165) is 26.0 Å². The number of likely N-dealkylation sites (tertiary alicyclic amines) is 1. The monoisotopic (exact) mass is 322 g/mol. The van der Waals surface area contributed by atoms with Gasteiger partial charge in [0.1, 0.15) is 17.7 Å². The van der Waals surface area contributed by atoms with E-state index in [1.54, 1.807) is 12.1 Å². The van der Waals surface area contributed by atoms with Crippen molar-refractivity contribution in [3.8, 4) is 5.75 Å². The Morgan fingerprint density at radius 2 is 2.04 bits per heavy atom. The van der Waals surface area contributed by atoms with Crippen molar-refractivity contribution in [3.05, 3.63) is 30.1 Å². The maximum absolute atomic E-state index is 12.9. The minimum Gasteiger partial charge on any atom is -0.490 e. The van der Waals surface area contributed by atoms with Gasteiger partial charge in [0.15, 0.2) is 0 Å². The molecule has 0 radical (unpaired) electrons. The number of morpholine rings is 1. The average Bonchev–Trinajstić information content (AvgIpc) is 2.58. The van der Waals surface area contributed by atoms with Crippen molar-refractivity contribution >= 4 is 5.91 Å². The summed E-state index contributed by atoms with van der Waals surface area (Å²) < 4.78 is 24.1. The van der Waals surface area contributed by atoms with Crippen LogP contribution in [0.15, 0.2) is 24.3 Å². The molecule has 1 N–H and O–H groups in total. The van der Waals surface area contributed by atoms with Gasteiger partial charge in [-0.15, -0.1) is 0 Å². The quantitative estimate of drug-likeness (QED) is 0.914. The van der Waals surface area contributed by atoms with Crippen LogP contribution in [0.25, 0.3) is 0 Å². The van der Waals surface area contributed by atoms with E-state index in [0.29, 0.717) is 31.9 Å². The van der Waals surface area contributed by atoms with E-state index in [1.807, 2.05) is 4.90 Å². The number of carbonyl (C=O) groups is 1. The van der Waals surface area contributed by atoms with Crippen LogP contribution in [0, 0.1) is 5.82 Å². The molecule has 2 aliphatic rings. The smallest absolute Gasteiger partial charge is 0.224 e. The highest BCUT2D eigenvalue weighted by Crippen LogP contribution is 2.20. The lowest BCUT2D eigenvalue weighted by Crippen LogP contribution is -2.47. The van der Waals surface area contributed by atoms with E-state index < -0.39 is 0 Å². The van der Waals surface area contributed by atoms with Crippen molar-refractivity contribution in [2.45, 2.75) is 31.4 Å². The normalized spacial score (nSPS) is 22.8. The molecule has 0 spiro atoms. The Morgan fingerprint density at radius 1 is 1.30 bits per heavy atom. The highest BCUT2D eigenvalue weighted by molar-refractivity contribution is 5.77. The lowest BCUT2D eigenvalue weighted by Gasteiger charge is -2.33. The Hall–Kier alpha value is -1.66. The van der Waals surface area contributed by atoms with Crippen LogP contribution in [0.5, 0.6) is 5.75 Å². The first-order valence-electron chi connectivity index (χ1n) is 8.22. The number of carbonyl (C=O) groups excluding carboxylic acids is 1. The number of hydrogen-bond acceptors (Lipinski definition) is 4. The van der Waals surface area contributed by atoms with E-state index in [9.17, 15) is 9.18 Å². The number of amides is 1. The molecule has 0 aliphatic carbocycles. The summed E-state index contributed by atoms with van der Waals surface area (Å²) >= 11 is 0. The van der Waals surface area contributed by atoms with Crippen LogP contribution in [0.4, 0.5) is 4.39 Å². The first-order valence-corrected chi connectivity index (χ1v) is 8.22. The van der Waals surface area contributed by atoms with E-state index in [-0.39, 0.29) is 23.9 Å². The van der Waals surface area contributed by atoms with Crippen molar-refractivity contribution in [3.63, 3.8) is 0 Å². The van der Waals surface area contributed by atoms with Crippen molar-refractivity contribution in [2.24, 2.45) is 0 Å². The molecule has 0 bridgehead atoms. The molecule has 6 heteroatoms. The van der Waals surface area contributed by atoms with Crippen molar-refractivity contribution in [1.82, 2.24) is 10.2 Å². The lowest BCUT2D eigenvalue weighted by atomic mass is 10.1. The fourth-order valence-electron chi connectivity index (χ4n) is 3.02. The Morgan fingerprint density at radius 3 is 2.70 bits per heavy atom. The zero-order valence-electron chi connectivity index (χ0n) is 13.2. The standard InChI is InChI=1S/C17H23FN2O3/c18-13-1-3-15(4-2-13)23-16-5-8-20(9-6-16)17(21)11-14-12-22-10-7-19-14/h1-4,14,16,19H,5-12H2. The number of benzene rings is 1. The number of piperidine rings is 1. The topological polar surface area (TPSA) is 50.8 Å². The van der Waals surface area contributed by atoms with Crippen LogP contribution in [0.3, 0.4) is 0 Å². The highest BCUT2D eigenvalue weighted by Gasteiger charge is 2.26. The Labute approximate surface area is 135 Å². The molecule has 5 nitrogen and oxygen atoms in total. The summed E-state index contributed by atoms with van der Waals surface area (Å²) in [5.41, 5.74) is 0. The number of halogens is 1. The van der Waals surface area contributed by atoms with Crippen LogP contribution in [0.1, 0.15) is 19.3 Å². The molecule has 1 atom stereocenters. The molecular weight excluding hydrogens is 299 g/mol. The molecule has 3 rings (SSSR count). The van der Waals surface area contributed by atoms with E-state index in [4.69, 9.17) is 9.47 Å². The fourth-order valence-corrected chi connectivity index (χ4v) is 3.02. The first-order chi connectivity index (χ1) is 11.2. The summed E-state index contributed by atoms with van der Waals surface area (Å²) in [6.07, 6.45) is 2.18. The van der Waals surface area contributed by atoms with Crippen LogP contribution >= 0.6 is 0 Å². The third-order valence-electron chi connectivity index (χ3n) is 4.33. The molecule has 126 valence electrons. The number of rotatable bonds is 4. The SMILES string of the molecule is O=C(CC1COCCN1)N1CCC(Oc2ccc(F)cc2)CC1. The molecule has 23 heavy (non-hydrogen) atoms. The second-order valence-electron chi connectivity index (χ2n) is 6.08. The molecule has 2 fully saturated rings. The molecule has 0 aromatic heterocycles. The van der Waals surface area contributed by atoms with Gasteiger partial charge in [0.05, 0.1) is 13.2 Å². The molecule has 1 aromatic carbocycles. The van der Waals surface area contributed by atoms with Gasteiger partial charge in [-0.2, -0.15) is 0 Å². The van der Waals surface area contributed by atoms with Gasteiger partial charge < -0.3 is 19.7 Å². The zero-order valence-corrected chi connectivity index (χ0v) is 13.2. The van der Waals surface area contributed by atoms with E-state index >= 15 is 0 Å². The summed E-state index contributed by atoms with van der Waals surface area (Å²) in [7, 11) is 0. The number of nitrogens with zero attached hydrogens (tertiary/aromatic N) is 1. The fraction of sp³-hybridized carbons (Fsp3) is 0.588. The lowest BCUT2D eigenvalue weighted by molar-refractivity contribution is -0.134. The van der Waals surface area contributed by atoms with Gasteiger partial charge in [-0.05, 0) is 24.3 Å². The minimum absolute atomic E-state index is 0.0839. The van der Waals surface area contributed by atoms with Crippen LogP contribution < -0.4 is 10.1 Å². The predicted molar refractivity (Wildman–Crippen MR) is 83.9 cm³/mol. The summed E-state index contributed by atoms with van der Waals surface area (Å²) in [5, 5.41) is 3.31. The van der Waals surface area contributed by atoms with Gasteiger partial charge in [-0.25, -0.2) is 4.39 Å². The summed E-state index contributed by atoms with van der Waals surface area (Å²) in [5.74, 6) is 0.589. The van der Waals surface area contributed by atoms with E-state index in [1.165, 1.54) is 12.1 Å². The maximum atomic E-state index is 12.9. The van der Waals surface area contributed by atoms with Gasteiger partial charge in [-0.3, -0.25) is 4.79 Å².